The van der Waals surface area contributed by atoms with Crippen molar-refractivity contribution in [2.75, 3.05) is 5.73 Å². The van der Waals surface area contributed by atoms with E-state index in [9.17, 15) is 8.78 Å². The molecule has 0 saturated carbocycles. The van der Waals surface area contributed by atoms with E-state index >= 15 is 0 Å². The van der Waals surface area contributed by atoms with Crippen molar-refractivity contribution in [1.82, 2.24) is 15.0 Å². The predicted octanol–water partition coefficient (Wildman–Crippen LogP) is 1.64. The molecule has 3 N–H and O–H groups in total. The van der Waals surface area contributed by atoms with Crippen LogP contribution in [0.5, 0.6) is 0 Å². The summed E-state index contributed by atoms with van der Waals surface area (Å²) in [4.78, 5) is 9.56. The minimum absolute atomic E-state index is 0.0694. The number of halogens is 2. The Morgan fingerprint density at radius 1 is 1.20 bits per heavy atom. The van der Waals surface area contributed by atoms with E-state index in [0.717, 1.165) is 0 Å². The first-order chi connectivity index (χ1) is 7.08. The van der Waals surface area contributed by atoms with Crippen LogP contribution in [0.25, 0.3) is 11.4 Å². The second-order valence-electron chi connectivity index (χ2n) is 3.08. The first kappa shape index (κ1) is 9.57. The van der Waals surface area contributed by atoms with Gasteiger partial charge in [0, 0.05) is 0 Å². The topological polar surface area (TPSA) is 67.6 Å². The molecule has 0 atom stereocenters. The lowest BCUT2D eigenvalue weighted by Crippen LogP contribution is -1.96. The van der Waals surface area contributed by atoms with Crippen molar-refractivity contribution in [2.45, 2.75) is 6.92 Å². The molecule has 6 heteroatoms. The van der Waals surface area contributed by atoms with Gasteiger partial charge in [0.05, 0.1) is 11.3 Å². The van der Waals surface area contributed by atoms with Crippen LogP contribution in [0, 0.1) is 18.8 Å². The Labute approximate surface area is 84.2 Å². The number of pyridine rings is 1. The summed E-state index contributed by atoms with van der Waals surface area (Å²) in [5.74, 6) is -1.25. The third-order valence-electron chi connectivity index (χ3n) is 1.95. The normalized spacial score (nSPS) is 10.6. The molecule has 0 aliphatic heterocycles. The molecule has 0 unspecified atom stereocenters. The zero-order valence-electron chi connectivity index (χ0n) is 7.88. The fraction of sp³-hybridized carbons (Fsp3) is 0.111. The van der Waals surface area contributed by atoms with Crippen LogP contribution in [0.3, 0.4) is 0 Å². The van der Waals surface area contributed by atoms with Crippen LogP contribution < -0.4 is 5.73 Å². The van der Waals surface area contributed by atoms with Crippen LogP contribution >= 0.6 is 0 Å². The standard InChI is InChI=1S/C9H8F2N4/c1-4-7(10)15-9(13-4)5-2-3-6(12)14-8(5)11/h2-3H,1H3,(H2,12,14)(H,13,15). The summed E-state index contributed by atoms with van der Waals surface area (Å²) in [5.41, 5.74) is 5.63. The Morgan fingerprint density at radius 2 is 1.93 bits per heavy atom. The smallest absolute Gasteiger partial charge is 0.234 e. The van der Waals surface area contributed by atoms with Crippen molar-refractivity contribution >= 4 is 5.82 Å². The average molecular weight is 210 g/mol. The van der Waals surface area contributed by atoms with Crippen molar-refractivity contribution in [2.24, 2.45) is 0 Å². The van der Waals surface area contributed by atoms with E-state index in [4.69, 9.17) is 5.73 Å². The Balaban J connectivity index is 2.54. The van der Waals surface area contributed by atoms with E-state index in [1.807, 2.05) is 0 Å². The highest BCUT2D eigenvalue weighted by molar-refractivity contribution is 5.56. The number of nitrogens with one attached hydrogen (secondary N) is 1. The highest BCUT2D eigenvalue weighted by Crippen LogP contribution is 2.20. The van der Waals surface area contributed by atoms with Crippen molar-refractivity contribution in [3.63, 3.8) is 0 Å². The number of anilines is 1. The van der Waals surface area contributed by atoms with E-state index in [0.29, 0.717) is 0 Å². The zero-order chi connectivity index (χ0) is 11.0. The highest BCUT2D eigenvalue weighted by atomic mass is 19.1. The summed E-state index contributed by atoms with van der Waals surface area (Å²) in [5, 5.41) is 0. The van der Waals surface area contributed by atoms with Gasteiger partial charge in [-0.05, 0) is 19.1 Å². The first-order valence-electron chi connectivity index (χ1n) is 4.22. The summed E-state index contributed by atoms with van der Waals surface area (Å²) < 4.78 is 26.2. The number of aryl methyl sites for hydroxylation is 1. The van der Waals surface area contributed by atoms with Crippen LogP contribution in [0.2, 0.25) is 0 Å². The number of rotatable bonds is 1. The van der Waals surface area contributed by atoms with Gasteiger partial charge in [-0.25, -0.2) is 4.98 Å². The minimum Gasteiger partial charge on any atom is -0.384 e. The number of hydrogen-bond acceptors (Lipinski definition) is 3. The second-order valence-corrected chi connectivity index (χ2v) is 3.08. The molecule has 4 nitrogen and oxygen atoms in total. The summed E-state index contributed by atoms with van der Waals surface area (Å²) in [6, 6.07) is 2.82. The zero-order valence-corrected chi connectivity index (χ0v) is 7.88. The van der Waals surface area contributed by atoms with Gasteiger partial charge in [0.2, 0.25) is 11.9 Å². The molecular weight excluding hydrogens is 202 g/mol. The van der Waals surface area contributed by atoms with Crippen molar-refractivity contribution in [1.29, 1.82) is 0 Å². The number of nitrogens with zero attached hydrogens (tertiary/aromatic N) is 2. The molecule has 2 heterocycles. The van der Waals surface area contributed by atoms with E-state index in [1.54, 1.807) is 0 Å². The van der Waals surface area contributed by atoms with Gasteiger partial charge in [-0.1, -0.05) is 0 Å². The van der Waals surface area contributed by atoms with Gasteiger partial charge in [0.15, 0.2) is 0 Å². The highest BCUT2D eigenvalue weighted by Gasteiger charge is 2.12. The largest absolute Gasteiger partial charge is 0.384 e. The Morgan fingerprint density at radius 3 is 2.47 bits per heavy atom. The van der Waals surface area contributed by atoms with Crippen LogP contribution in [-0.2, 0) is 0 Å². The molecule has 0 radical (unpaired) electrons. The molecule has 0 aliphatic carbocycles. The van der Waals surface area contributed by atoms with Crippen LogP contribution in [-0.4, -0.2) is 15.0 Å². The Bertz CT molecular complexity index is 487. The molecule has 2 rings (SSSR count). The SMILES string of the molecule is Cc1[nH]c(-c2ccc(N)nc2F)nc1F. The van der Waals surface area contributed by atoms with Crippen molar-refractivity contribution < 1.29 is 8.78 Å². The first-order valence-corrected chi connectivity index (χ1v) is 4.22. The van der Waals surface area contributed by atoms with Gasteiger partial charge in [0.1, 0.15) is 11.6 Å². The van der Waals surface area contributed by atoms with Gasteiger partial charge >= 0.3 is 0 Å². The van der Waals surface area contributed by atoms with Crippen molar-refractivity contribution in [3.8, 4) is 11.4 Å². The molecule has 0 spiro atoms. The molecule has 0 fully saturated rings. The van der Waals surface area contributed by atoms with E-state index in [1.165, 1.54) is 19.1 Å². The number of hydrogen-bond donors (Lipinski definition) is 2. The monoisotopic (exact) mass is 210 g/mol. The molecule has 0 aliphatic rings. The molecule has 0 bridgehead atoms. The van der Waals surface area contributed by atoms with Gasteiger partial charge in [-0.15, -0.1) is 0 Å². The predicted molar refractivity (Wildman–Crippen MR) is 50.9 cm³/mol. The van der Waals surface area contributed by atoms with Crippen molar-refractivity contribution in [3.05, 3.63) is 29.7 Å². The number of aromatic nitrogens is 3. The lowest BCUT2D eigenvalue weighted by molar-refractivity contribution is 0.579. The molecule has 78 valence electrons. The van der Waals surface area contributed by atoms with E-state index in [-0.39, 0.29) is 22.9 Å². The number of H-pyrrole nitrogens is 1. The lowest BCUT2D eigenvalue weighted by atomic mass is 10.2. The second kappa shape index (κ2) is 3.30. The maximum absolute atomic E-state index is 13.3. The fourth-order valence-electron chi connectivity index (χ4n) is 1.19. The quantitative estimate of drug-likeness (QED) is 0.703. The summed E-state index contributed by atoms with van der Waals surface area (Å²) in [6.07, 6.45) is 0. The number of aromatic amines is 1. The van der Waals surface area contributed by atoms with E-state index < -0.39 is 11.9 Å². The third kappa shape index (κ3) is 1.65. The summed E-state index contributed by atoms with van der Waals surface area (Å²) in [6.45, 7) is 1.51. The molecule has 0 amide bonds. The van der Waals surface area contributed by atoms with Gasteiger partial charge in [-0.3, -0.25) is 0 Å². The van der Waals surface area contributed by atoms with Gasteiger partial charge in [0.25, 0.3) is 0 Å². The molecule has 2 aromatic heterocycles. The van der Waals surface area contributed by atoms with E-state index in [2.05, 4.69) is 15.0 Å². The van der Waals surface area contributed by atoms with Crippen LogP contribution in [0.4, 0.5) is 14.6 Å². The summed E-state index contributed by atoms with van der Waals surface area (Å²) >= 11 is 0. The average Bonchev–Trinajstić information content (AvgIpc) is 2.46. The molecular formula is C9H8F2N4. The summed E-state index contributed by atoms with van der Waals surface area (Å²) in [7, 11) is 0. The fourth-order valence-corrected chi connectivity index (χ4v) is 1.19. The van der Waals surface area contributed by atoms with Crippen LogP contribution in [0.15, 0.2) is 12.1 Å². The number of imidazole rings is 1. The number of nitrogens with two attached hydrogens (primary N) is 1. The molecule has 2 aromatic rings. The lowest BCUT2D eigenvalue weighted by Gasteiger charge is -1.98. The molecule has 15 heavy (non-hydrogen) atoms. The minimum atomic E-state index is -0.774. The van der Waals surface area contributed by atoms with Gasteiger partial charge < -0.3 is 10.7 Å². The van der Waals surface area contributed by atoms with Crippen LogP contribution in [0.1, 0.15) is 5.69 Å². The maximum Gasteiger partial charge on any atom is 0.234 e. The maximum atomic E-state index is 13.3. The molecule has 0 saturated heterocycles. The Hall–Kier alpha value is -1.98. The Kier molecular flexibility index (Phi) is 2.11. The third-order valence-corrected chi connectivity index (χ3v) is 1.95. The number of nitrogen functional groups attached to an aromatic ring is 1. The molecule has 0 aromatic carbocycles. The van der Waals surface area contributed by atoms with Gasteiger partial charge in [-0.2, -0.15) is 13.8 Å².